The van der Waals surface area contributed by atoms with Gasteiger partial charge in [-0.25, -0.2) is 13.4 Å². The summed E-state index contributed by atoms with van der Waals surface area (Å²) >= 11 is 3.08. The van der Waals surface area contributed by atoms with Crippen molar-refractivity contribution in [3.8, 4) is 0 Å². The van der Waals surface area contributed by atoms with Crippen molar-refractivity contribution in [2.24, 2.45) is 0 Å². The lowest BCUT2D eigenvalue weighted by Gasteiger charge is -2.10. The minimum atomic E-state index is -2.95. The number of sulfone groups is 1. The third-order valence-electron chi connectivity index (χ3n) is 2.97. The van der Waals surface area contributed by atoms with E-state index in [0.717, 1.165) is 14.9 Å². The van der Waals surface area contributed by atoms with Crippen molar-refractivity contribution in [3.05, 3.63) is 10.6 Å². The van der Waals surface area contributed by atoms with Crippen LogP contribution in [0.2, 0.25) is 0 Å². The van der Waals surface area contributed by atoms with Crippen molar-refractivity contribution in [3.63, 3.8) is 0 Å². The van der Waals surface area contributed by atoms with E-state index in [0.29, 0.717) is 6.42 Å². The molecule has 1 N–H and O–H groups in total. The second-order valence-corrected chi connectivity index (χ2v) is 8.90. The molecule has 0 radical (unpaired) electrons. The number of nitrogens with zero attached hydrogens (tertiary/aromatic N) is 1. The number of aryl methyl sites for hydroxylation is 1. The smallest absolute Gasteiger partial charge is 0.225 e. The zero-order chi connectivity index (χ0) is 14.0. The zero-order valence-corrected chi connectivity index (χ0v) is 13.3. The summed E-state index contributed by atoms with van der Waals surface area (Å²) in [6.07, 6.45) is 2.75. The van der Waals surface area contributed by atoms with E-state index < -0.39 is 9.84 Å². The highest BCUT2D eigenvalue weighted by molar-refractivity contribution is 8.00. The molecule has 2 heterocycles. The molecule has 1 amide bonds. The molecule has 2 rings (SSSR count). The number of thioether (sulfide) groups is 1. The van der Waals surface area contributed by atoms with Gasteiger partial charge in [0.1, 0.15) is 4.34 Å². The van der Waals surface area contributed by atoms with E-state index in [1.54, 1.807) is 11.8 Å². The molecule has 0 bridgehead atoms. The first-order valence-electron chi connectivity index (χ1n) is 5.89. The van der Waals surface area contributed by atoms with Crippen molar-refractivity contribution < 1.29 is 13.2 Å². The molecular weight excluding hydrogens is 304 g/mol. The number of rotatable bonds is 4. The molecule has 5 nitrogen and oxygen atoms in total. The van der Waals surface area contributed by atoms with Crippen LogP contribution in [0, 0.1) is 6.92 Å². The number of thiazole rings is 1. The first kappa shape index (κ1) is 14.8. The summed E-state index contributed by atoms with van der Waals surface area (Å²) in [6.45, 7) is 1.89. The summed E-state index contributed by atoms with van der Waals surface area (Å²) in [6, 6.07) is -0.231. The molecule has 1 unspecified atom stereocenters. The van der Waals surface area contributed by atoms with Crippen LogP contribution in [0.4, 0.5) is 0 Å². The average molecular weight is 320 g/mol. The molecule has 1 aliphatic rings. The highest BCUT2D eigenvalue weighted by atomic mass is 32.2. The molecule has 0 aliphatic carbocycles. The summed E-state index contributed by atoms with van der Waals surface area (Å²) in [5, 5.41) is 2.79. The van der Waals surface area contributed by atoms with Gasteiger partial charge in [0.15, 0.2) is 9.84 Å². The van der Waals surface area contributed by atoms with Gasteiger partial charge in [0.25, 0.3) is 0 Å². The fourth-order valence-corrected chi connectivity index (χ4v) is 5.31. The number of nitrogens with one attached hydrogen (secondary N) is 1. The summed E-state index contributed by atoms with van der Waals surface area (Å²) in [5.41, 5.74) is 0.878. The first-order valence-corrected chi connectivity index (χ1v) is 9.76. The maximum atomic E-state index is 11.9. The van der Waals surface area contributed by atoms with E-state index in [-0.39, 0.29) is 29.9 Å². The Morgan fingerprint density at radius 1 is 1.58 bits per heavy atom. The molecular formula is C11H16N2O3S3. The predicted molar refractivity (Wildman–Crippen MR) is 77.5 cm³/mol. The molecule has 1 aromatic heterocycles. The molecule has 1 fully saturated rings. The van der Waals surface area contributed by atoms with Gasteiger partial charge in [-0.2, -0.15) is 0 Å². The van der Waals surface area contributed by atoms with Crippen molar-refractivity contribution in [2.45, 2.75) is 30.1 Å². The molecule has 0 saturated carbocycles. The second kappa shape index (κ2) is 5.80. The highest BCUT2D eigenvalue weighted by Gasteiger charge is 2.29. The molecule has 19 heavy (non-hydrogen) atoms. The monoisotopic (exact) mass is 320 g/mol. The van der Waals surface area contributed by atoms with Crippen LogP contribution < -0.4 is 5.32 Å². The van der Waals surface area contributed by atoms with Gasteiger partial charge in [0.2, 0.25) is 5.91 Å². The largest absolute Gasteiger partial charge is 0.352 e. The lowest BCUT2D eigenvalue weighted by Crippen LogP contribution is -2.36. The molecule has 0 spiro atoms. The van der Waals surface area contributed by atoms with Crippen LogP contribution in [-0.4, -0.2) is 43.1 Å². The fraction of sp³-hybridized carbons (Fsp3) is 0.636. The maximum absolute atomic E-state index is 11.9. The number of hydrogen-bond donors (Lipinski definition) is 1. The van der Waals surface area contributed by atoms with E-state index in [1.165, 1.54) is 11.3 Å². The fourth-order valence-electron chi connectivity index (χ4n) is 1.99. The topological polar surface area (TPSA) is 76.1 Å². The quantitative estimate of drug-likeness (QED) is 0.838. The van der Waals surface area contributed by atoms with Crippen molar-refractivity contribution >= 4 is 38.8 Å². The molecule has 1 aromatic rings. The molecule has 1 atom stereocenters. The van der Waals surface area contributed by atoms with E-state index in [9.17, 15) is 13.2 Å². The SMILES string of the molecule is CSc1nc(C)c(CC(=O)NC2CCS(=O)(=O)C2)s1. The van der Waals surface area contributed by atoms with Crippen LogP contribution in [0.5, 0.6) is 0 Å². The Morgan fingerprint density at radius 3 is 2.84 bits per heavy atom. The van der Waals surface area contributed by atoms with Gasteiger partial charge in [-0.05, 0) is 19.6 Å². The predicted octanol–water partition coefficient (Wildman–Crippen LogP) is 1.02. The van der Waals surface area contributed by atoms with Crippen LogP contribution in [0.25, 0.3) is 0 Å². The summed E-state index contributed by atoms with van der Waals surface area (Å²) < 4.78 is 23.6. The van der Waals surface area contributed by atoms with E-state index >= 15 is 0 Å². The Balaban J connectivity index is 1.92. The molecule has 106 valence electrons. The summed E-state index contributed by atoms with van der Waals surface area (Å²) in [4.78, 5) is 17.2. The van der Waals surface area contributed by atoms with Crippen LogP contribution in [-0.2, 0) is 21.1 Å². The van der Waals surface area contributed by atoms with E-state index in [2.05, 4.69) is 10.3 Å². The Bertz CT molecular complexity index is 580. The molecule has 8 heteroatoms. The summed E-state index contributed by atoms with van der Waals surface area (Å²) in [5.74, 6) is 0.117. The van der Waals surface area contributed by atoms with Crippen LogP contribution >= 0.6 is 23.1 Å². The number of carbonyl (C=O) groups is 1. The summed E-state index contributed by atoms with van der Waals surface area (Å²) in [7, 11) is -2.95. The highest BCUT2D eigenvalue weighted by Crippen LogP contribution is 2.25. The van der Waals surface area contributed by atoms with E-state index in [4.69, 9.17) is 0 Å². The van der Waals surface area contributed by atoms with Gasteiger partial charge in [-0.15, -0.1) is 11.3 Å². The number of amides is 1. The third-order valence-corrected chi connectivity index (χ3v) is 6.88. The van der Waals surface area contributed by atoms with Crippen molar-refractivity contribution in [2.75, 3.05) is 17.8 Å². The Labute approximate surface area is 121 Å². The lowest BCUT2D eigenvalue weighted by molar-refractivity contribution is -0.120. The molecule has 0 aromatic carbocycles. The maximum Gasteiger partial charge on any atom is 0.225 e. The average Bonchev–Trinajstić information content (AvgIpc) is 2.82. The second-order valence-electron chi connectivity index (χ2n) is 4.54. The van der Waals surface area contributed by atoms with Gasteiger partial charge in [0, 0.05) is 10.9 Å². The van der Waals surface area contributed by atoms with Gasteiger partial charge in [0.05, 0.1) is 23.6 Å². The molecule has 1 saturated heterocycles. The van der Waals surface area contributed by atoms with E-state index in [1.807, 2.05) is 13.2 Å². The number of hydrogen-bond acceptors (Lipinski definition) is 6. The Hall–Kier alpha value is -0.600. The number of aromatic nitrogens is 1. The normalized spacial score (nSPS) is 21.5. The van der Waals surface area contributed by atoms with Gasteiger partial charge >= 0.3 is 0 Å². The Morgan fingerprint density at radius 2 is 2.32 bits per heavy atom. The first-order chi connectivity index (χ1) is 8.89. The minimum Gasteiger partial charge on any atom is -0.352 e. The standard InChI is InChI=1S/C11H16N2O3S3/c1-7-9(18-11(12-7)17-2)5-10(14)13-8-3-4-19(15,16)6-8/h8H,3-6H2,1-2H3,(H,13,14). The van der Waals surface area contributed by atoms with Gasteiger partial charge in [-0.1, -0.05) is 11.8 Å². The lowest BCUT2D eigenvalue weighted by atomic mass is 10.2. The zero-order valence-electron chi connectivity index (χ0n) is 10.8. The number of carbonyl (C=O) groups excluding carboxylic acids is 1. The van der Waals surface area contributed by atoms with Crippen LogP contribution in [0.3, 0.4) is 0 Å². The van der Waals surface area contributed by atoms with Crippen LogP contribution in [0.15, 0.2) is 4.34 Å². The third kappa shape index (κ3) is 3.93. The molecule has 1 aliphatic heterocycles. The van der Waals surface area contributed by atoms with Crippen molar-refractivity contribution in [1.29, 1.82) is 0 Å². The van der Waals surface area contributed by atoms with Crippen LogP contribution in [0.1, 0.15) is 17.0 Å². The minimum absolute atomic E-state index is 0.0659. The van der Waals surface area contributed by atoms with Gasteiger partial charge < -0.3 is 5.32 Å². The van der Waals surface area contributed by atoms with Crippen molar-refractivity contribution in [1.82, 2.24) is 10.3 Å². The Kier molecular flexibility index (Phi) is 4.52. The van der Waals surface area contributed by atoms with Gasteiger partial charge in [-0.3, -0.25) is 4.79 Å².